The first kappa shape index (κ1) is 14.5. The van der Waals surface area contributed by atoms with Crippen molar-refractivity contribution in [1.82, 2.24) is 14.8 Å². The van der Waals surface area contributed by atoms with Crippen molar-refractivity contribution in [1.29, 1.82) is 0 Å². The number of thiazole rings is 1. The number of hydrogen-bond acceptors (Lipinski definition) is 5. The van der Waals surface area contributed by atoms with Crippen LogP contribution in [0.3, 0.4) is 0 Å². The molecule has 0 N–H and O–H groups in total. The maximum absolute atomic E-state index is 11.3. The Hall–Kier alpha value is -1.95. The summed E-state index contributed by atoms with van der Waals surface area (Å²) in [6.07, 6.45) is 9.09. The number of aromatic nitrogens is 3. The standard InChI is InChI=1S/C14H17N3O2S/c1-14(2,3)17-9-10(7-16-17)5-6-12-15-8-11(20-12)13(18)19-4/h5-9H,1-4H3/b6-5+. The van der Waals surface area contributed by atoms with Crippen LogP contribution in [0.1, 0.15) is 41.0 Å². The number of carbonyl (C=O) groups excluding carboxylic acids is 1. The lowest BCUT2D eigenvalue weighted by molar-refractivity contribution is 0.0606. The Bertz CT molecular complexity index is 635. The molecule has 2 aromatic heterocycles. The molecule has 0 aliphatic heterocycles. The molecule has 0 unspecified atom stereocenters. The minimum Gasteiger partial charge on any atom is -0.465 e. The Balaban J connectivity index is 2.11. The monoisotopic (exact) mass is 291 g/mol. The molecular formula is C14H17N3O2S. The summed E-state index contributed by atoms with van der Waals surface area (Å²) in [5, 5.41) is 5.08. The van der Waals surface area contributed by atoms with Crippen molar-refractivity contribution in [3.63, 3.8) is 0 Å². The number of methoxy groups -OCH3 is 1. The van der Waals surface area contributed by atoms with Gasteiger partial charge in [-0.05, 0) is 32.9 Å². The van der Waals surface area contributed by atoms with Gasteiger partial charge >= 0.3 is 5.97 Å². The number of rotatable bonds is 3. The molecule has 0 saturated carbocycles. The zero-order chi connectivity index (χ0) is 14.8. The van der Waals surface area contributed by atoms with Crippen LogP contribution in [0.2, 0.25) is 0 Å². The highest BCUT2D eigenvalue weighted by atomic mass is 32.1. The van der Waals surface area contributed by atoms with Crippen LogP contribution in [0.15, 0.2) is 18.6 Å². The van der Waals surface area contributed by atoms with E-state index in [1.54, 1.807) is 6.20 Å². The van der Waals surface area contributed by atoms with Gasteiger partial charge in [0, 0.05) is 11.8 Å². The summed E-state index contributed by atoms with van der Waals surface area (Å²) < 4.78 is 6.56. The van der Waals surface area contributed by atoms with Crippen molar-refractivity contribution in [3.8, 4) is 0 Å². The molecule has 2 rings (SSSR count). The minimum absolute atomic E-state index is 0.0364. The summed E-state index contributed by atoms with van der Waals surface area (Å²) >= 11 is 1.30. The van der Waals surface area contributed by atoms with Crippen LogP contribution in [-0.4, -0.2) is 27.8 Å². The molecular weight excluding hydrogens is 274 g/mol. The third kappa shape index (κ3) is 3.33. The summed E-state index contributed by atoms with van der Waals surface area (Å²) in [6, 6.07) is 0. The second-order valence-corrected chi connectivity index (χ2v) is 6.34. The van der Waals surface area contributed by atoms with Gasteiger partial charge in [-0.1, -0.05) is 0 Å². The fourth-order valence-electron chi connectivity index (χ4n) is 1.52. The van der Waals surface area contributed by atoms with E-state index in [0.717, 1.165) is 10.6 Å². The summed E-state index contributed by atoms with van der Waals surface area (Å²) in [5.41, 5.74) is 0.959. The molecule has 0 bridgehead atoms. The lowest BCUT2D eigenvalue weighted by Crippen LogP contribution is -2.21. The first-order valence-corrected chi connectivity index (χ1v) is 6.99. The van der Waals surface area contributed by atoms with Crippen molar-refractivity contribution >= 4 is 29.5 Å². The van der Waals surface area contributed by atoms with E-state index in [2.05, 4.69) is 35.6 Å². The molecule has 0 atom stereocenters. The lowest BCUT2D eigenvalue weighted by atomic mass is 10.1. The topological polar surface area (TPSA) is 57.0 Å². The lowest BCUT2D eigenvalue weighted by Gasteiger charge is -2.18. The summed E-state index contributed by atoms with van der Waals surface area (Å²) in [4.78, 5) is 16.0. The van der Waals surface area contributed by atoms with Gasteiger partial charge in [-0.2, -0.15) is 5.10 Å². The van der Waals surface area contributed by atoms with Gasteiger partial charge in [0.2, 0.25) is 0 Å². The SMILES string of the molecule is COC(=O)c1cnc(/C=C/c2cnn(C(C)(C)C)c2)s1. The number of hydrogen-bond donors (Lipinski definition) is 0. The number of ether oxygens (including phenoxy) is 1. The van der Waals surface area contributed by atoms with E-state index < -0.39 is 0 Å². The zero-order valence-electron chi connectivity index (χ0n) is 12.0. The second-order valence-electron chi connectivity index (χ2n) is 5.28. The van der Waals surface area contributed by atoms with Crippen LogP contribution >= 0.6 is 11.3 Å². The maximum atomic E-state index is 11.3. The second kappa shape index (κ2) is 5.58. The van der Waals surface area contributed by atoms with E-state index in [1.165, 1.54) is 24.6 Å². The fourth-order valence-corrected chi connectivity index (χ4v) is 2.26. The molecule has 0 saturated heterocycles. The third-order valence-electron chi connectivity index (χ3n) is 2.62. The van der Waals surface area contributed by atoms with Gasteiger partial charge in [0.1, 0.15) is 9.88 Å². The fraction of sp³-hybridized carbons (Fsp3) is 0.357. The average Bonchev–Trinajstić information content (AvgIpc) is 3.03. The molecule has 20 heavy (non-hydrogen) atoms. The van der Waals surface area contributed by atoms with Crippen LogP contribution in [0, 0.1) is 0 Å². The molecule has 0 spiro atoms. The van der Waals surface area contributed by atoms with Gasteiger partial charge in [0.25, 0.3) is 0 Å². The van der Waals surface area contributed by atoms with Crippen LogP contribution in [0.4, 0.5) is 0 Å². The van der Waals surface area contributed by atoms with Crippen LogP contribution in [-0.2, 0) is 10.3 Å². The third-order valence-corrected chi connectivity index (χ3v) is 3.56. The quantitative estimate of drug-likeness (QED) is 0.816. The summed E-state index contributed by atoms with van der Waals surface area (Å²) in [5.74, 6) is -0.359. The van der Waals surface area contributed by atoms with Crippen molar-refractivity contribution in [2.75, 3.05) is 7.11 Å². The molecule has 2 heterocycles. The van der Waals surface area contributed by atoms with E-state index in [4.69, 9.17) is 0 Å². The first-order valence-electron chi connectivity index (χ1n) is 6.17. The maximum Gasteiger partial charge on any atom is 0.349 e. The molecule has 2 aromatic rings. The molecule has 5 nitrogen and oxygen atoms in total. The summed E-state index contributed by atoms with van der Waals surface area (Å²) in [6.45, 7) is 6.28. The highest BCUT2D eigenvalue weighted by molar-refractivity contribution is 7.14. The Morgan fingerprint density at radius 3 is 2.70 bits per heavy atom. The zero-order valence-corrected chi connectivity index (χ0v) is 12.8. The van der Waals surface area contributed by atoms with Gasteiger partial charge in [0.15, 0.2) is 0 Å². The normalized spacial score (nSPS) is 12.0. The number of nitrogens with zero attached hydrogens (tertiary/aromatic N) is 3. The Morgan fingerprint density at radius 1 is 1.35 bits per heavy atom. The Morgan fingerprint density at radius 2 is 2.10 bits per heavy atom. The van der Waals surface area contributed by atoms with Gasteiger partial charge < -0.3 is 4.74 Å². The van der Waals surface area contributed by atoms with Gasteiger partial charge in [-0.25, -0.2) is 9.78 Å². The largest absolute Gasteiger partial charge is 0.465 e. The van der Waals surface area contributed by atoms with Crippen LogP contribution < -0.4 is 0 Å². The molecule has 0 fully saturated rings. The molecule has 0 aliphatic rings. The van der Waals surface area contributed by atoms with Gasteiger partial charge in [0.05, 0.1) is 25.0 Å². The van der Waals surface area contributed by atoms with E-state index in [9.17, 15) is 4.79 Å². The first-order chi connectivity index (χ1) is 9.40. The van der Waals surface area contributed by atoms with Crippen molar-refractivity contribution in [2.24, 2.45) is 0 Å². The highest BCUT2D eigenvalue weighted by Gasteiger charge is 2.13. The van der Waals surface area contributed by atoms with Crippen molar-refractivity contribution < 1.29 is 9.53 Å². The van der Waals surface area contributed by atoms with Crippen LogP contribution in [0.5, 0.6) is 0 Å². The average molecular weight is 291 g/mol. The van der Waals surface area contributed by atoms with E-state index >= 15 is 0 Å². The Labute approximate surface area is 121 Å². The van der Waals surface area contributed by atoms with Gasteiger partial charge in [-0.15, -0.1) is 11.3 Å². The predicted molar refractivity (Wildman–Crippen MR) is 79.6 cm³/mol. The number of carbonyl (C=O) groups is 1. The van der Waals surface area contributed by atoms with Crippen molar-refractivity contribution in [2.45, 2.75) is 26.3 Å². The number of esters is 1. The molecule has 0 radical (unpaired) electrons. The van der Waals surface area contributed by atoms with Gasteiger partial charge in [-0.3, -0.25) is 4.68 Å². The molecule has 6 heteroatoms. The highest BCUT2D eigenvalue weighted by Crippen LogP contribution is 2.18. The molecule has 0 amide bonds. The van der Waals surface area contributed by atoms with Crippen molar-refractivity contribution in [3.05, 3.63) is 34.0 Å². The predicted octanol–water partition coefficient (Wildman–Crippen LogP) is 3.05. The van der Waals surface area contributed by atoms with E-state index in [-0.39, 0.29) is 11.5 Å². The molecule has 0 aliphatic carbocycles. The van der Waals surface area contributed by atoms with E-state index in [0.29, 0.717) is 4.88 Å². The molecule has 106 valence electrons. The van der Waals surface area contributed by atoms with E-state index in [1.807, 2.05) is 23.0 Å². The Kier molecular flexibility index (Phi) is 4.04. The molecule has 0 aromatic carbocycles. The summed E-state index contributed by atoms with van der Waals surface area (Å²) in [7, 11) is 1.36. The smallest absolute Gasteiger partial charge is 0.349 e. The van der Waals surface area contributed by atoms with Crippen LogP contribution in [0.25, 0.3) is 12.2 Å². The minimum atomic E-state index is -0.359.